The smallest absolute Gasteiger partial charge is 0.257 e. The Morgan fingerprint density at radius 3 is 2.95 bits per heavy atom. The number of carbonyl (C=O) groups is 1. The van der Waals surface area contributed by atoms with Gasteiger partial charge in [-0.05, 0) is 6.42 Å². The molecule has 0 spiro atoms. The number of nitriles is 1. The number of likely N-dealkylation sites (tertiary alicyclic amines) is 1. The van der Waals surface area contributed by atoms with Crippen LogP contribution in [0.25, 0.3) is 11.3 Å². The largest absolute Gasteiger partial charge is 0.387 e. The molecule has 0 saturated carbocycles. The Labute approximate surface area is 128 Å². The molecule has 1 aliphatic rings. The van der Waals surface area contributed by atoms with Gasteiger partial charge in [-0.2, -0.15) is 10.4 Å². The van der Waals surface area contributed by atoms with Crippen LogP contribution in [0.15, 0.2) is 36.5 Å². The van der Waals surface area contributed by atoms with E-state index in [0.29, 0.717) is 24.2 Å². The van der Waals surface area contributed by atoms with Crippen molar-refractivity contribution in [3.05, 3.63) is 42.1 Å². The van der Waals surface area contributed by atoms with Crippen molar-refractivity contribution >= 4 is 5.91 Å². The lowest BCUT2D eigenvalue weighted by Crippen LogP contribution is -2.35. The molecule has 112 valence electrons. The van der Waals surface area contributed by atoms with E-state index in [-0.39, 0.29) is 18.9 Å². The Hall–Kier alpha value is -2.65. The number of aromatic nitrogens is 2. The molecule has 1 atom stereocenters. The number of hydrogen-bond donors (Lipinski definition) is 2. The van der Waals surface area contributed by atoms with Crippen molar-refractivity contribution < 1.29 is 9.90 Å². The van der Waals surface area contributed by atoms with Gasteiger partial charge in [0, 0.05) is 12.1 Å². The van der Waals surface area contributed by atoms with Gasteiger partial charge >= 0.3 is 0 Å². The van der Waals surface area contributed by atoms with Gasteiger partial charge in [0.1, 0.15) is 0 Å². The van der Waals surface area contributed by atoms with E-state index < -0.39 is 5.60 Å². The molecule has 0 radical (unpaired) electrons. The number of hydrogen-bond acceptors (Lipinski definition) is 4. The van der Waals surface area contributed by atoms with Crippen LogP contribution in [0, 0.1) is 11.3 Å². The number of H-pyrrole nitrogens is 1. The molecule has 1 saturated heterocycles. The van der Waals surface area contributed by atoms with E-state index in [1.807, 2.05) is 36.4 Å². The molecule has 2 heterocycles. The van der Waals surface area contributed by atoms with E-state index in [1.165, 1.54) is 6.20 Å². The summed E-state index contributed by atoms with van der Waals surface area (Å²) in [4.78, 5) is 14.2. The summed E-state index contributed by atoms with van der Waals surface area (Å²) in [5, 5.41) is 25.9. The minimum Gasteiger partial charge on any atom is -0.387 e. The fraction of sp³-hybridized carbons (Fsp3) is 0.312. The molecule has 6 heteroatoms. The van der Waals surface area contributed by atoms with Crippen LogP contribution in [0.3, 0.4) is 0 Å². The summed E-state index contributed by atoms with van der Waals surface area (Å²) in [7, 11) is 0. The third kappa shape index (κ3) is 2.59. The topological polar surface area (TPSA) is 93.0 Å². The Morgan fingerprint density at radius 2 is 2.23 bits per heavy atom. The zero-order valence-electron chi connectivity index (χ0n) is 12.0. The van der Waals surface area contributed by atoms with Crippen LogP contribution in [-0.2, 0) is 0 Å². The zero-order valence-corrected chi connectivity index (χ0v) is 12.0. The Balaban J connectivity index is 1.83. The van der Waals surface area contributed by atoms with E-state index in [9.17, 15) is 9.90 Å². The summed E-state index contributed by atoms with van der Waals surface area (Å²) in [6, 6.07) is 11.5. The molecule has 1 fully saturated rings. The normalized spacial score (nSPS) is 20.8. The first-order valence-electron chi connectivity index (χ1n) is 7.10. The second-order valence-corrected chi connectivity index (χ2v) is 5.56. The average Bonchev–Trinajstić information content (AvgIpc) is 3.15. The molecule has 2 N–H and O–H groups in total. The number of nitrogens with one attached hydrogen (secondary N) is 1. The van der Waals surface area contributed by atoms with Gasteiger partial charge in [0.05, 0.1) is 42.1 Å². The highest BCUT2D eigenvalue weighted by Crippen LogP contribution is 2.28. The minimum atomic E-state index is -1.10. The van der Waals surface area contributed by atoms with Crippen molar-refractivity contribution in [2.45, 2.75) is 18.4 Å². The number of nitrogens with zero attached hydrogens (tertiary/aromatic N) is 3. The van der Waals surface area contributed by atoms with E-state index in [4.69, 9.17) is 5.26 Å². The first-order valence-corrected chi connectivity index (χ1v) is 7.10. The summed E-state index contributed by atoms with van der Waals surface area (Å²) >= 11 is 0. The fourth-order valence-corrected chi connectivity index (χ4v) is 2.76. The van der Waals surface area contributed by atoms with E-state index >= 15 is 0 Å². The maximum Gasteiger partial charge on any atom is 0.257 e. The number of rotatable bonds is 3. The third-order valence-electron chi connectivity index (χ3n) is 3.96. The first-order chi connectivity index (χ1) is 10.6. The summed E-state index contributed by atoms with van der Waals surface area (Å²) in [5.41, 5.74) is 0.935. The van der Waals surface area contributed by atoms with Crippen LogP contribution in [0.1, 0.15) is 23.2 Å². The van der Waals surface area contributed by atoms with Crippen molar-refractivity contribution in [2.24, 2.45) is 0 Å². The van der Waals surface area contributed by atoms with E-state index in [1.54, 1.807) is 4.90 Å². The SMILES string of the molecule is N#CCC1(O)CCN(C(=O)c2cn[nH]c2-c2ccccc2)C1. The quantitative estimate of drug-likeness (QED) is 0.899. The molecular weight excluding hydrogens is 280 g/mol. The van der Waals surface area contributed by atoms with Gasteiger partial charge in [-0.1, -0.05) is 30.3 Å². The van der Waals surface area contributed by atoms with Crippen LogP contribution in [0.4, 0.5) is 0 Å². The van der Waals surface area contributed by atoms with Crippen molar-refractivity contribution in [3.63, 3.8) is 0 Å². The molecule has 1 aliphatic heterocycles. The highest BCUT2D eigenvalue weighted by molar-refractivity contribution is 5.99. The molecular formula is C16H16N4O2. The van der Waals surface area contributed by atoms with Gasteiger partial charge in [-0.3, -0.25) is 9.89 Å². The van der Waals surface area contributed by atoms with Crippen molar-refractivity contribution in [3.8, 4) is 17.3 Å². The lowest BCUT2D eigenvalue weighted by Gasteiger charge is -2.20. The summed E-state index contributed by atoms with van der Waals surface area (Å²) in [5.74, 6) is -0.179. The number of amides is 1. The highest BCUT2D eigenvalue weighted by Gasteiger charge is 2.39. The lowest BCUT2D eigenvalue weighted by atomic mass is 10.0. The van der Waals surface area contributed by atoms with E-state index in [2.05, 4.69) is 10.2 Å². The Morgan fingerprint density at radius 1 is 1.45 bits per heavy atom. The number of carbonyl (C=O) groups excluding carboxylic acids is 1. The maximum atomic E-state index is 12.7. The molecule has 2 aromatic rings. The average molecular weight is 296 g/mol. The Kier molecular flexibility index (Phi) is 3.65. The lowest BCUT2D eigenvalue weighted by molar-refractivity contribution is 0.0478. The van der Waals surface area contributed by atoms with E-state index in [0.717, 1.165) is 5.56 Å². The molecule has 3 rings (SSSR count). The molecule has 1 aromatic heterocycles. The molecule has 6 nitrogen and oxygen atoms in total. The molecule has 0 bridgehead atoms. The second-order valence-electron chi connectivity index (χ2n) is 5.56. The third-order valence-corrected chi connectivity index (χ3v) is 3.96. The molecule has 22 heavy (non-hydrogen) atoms. The van der Waals surface area contributed by atoms with Crippen molar-refractivity contribution in [1.82, 2.24) is 15.1 Å². The fourth-order valence-electron chi connectivity index (χ4n) is 2.76. The van der Waals surface area contributed by atoms with Gasteiger partial charge in [0.25, 0.3) is 5.91 Å². The van der Waals surface area contributed by atoms with Crippen molar-refractivity contribution in [2.75, 3.05) is 13.1 Å². The van der Waals surface area contributed by atoms with Crippen LogP contribution >= 0.6 is 0 Å². The van der Waals surface area contributed by atoms with Gasteiger partial charge in [-0.15, -0.1) is 0 Å². The van der Waals surface area contributed by atoms with Crippen LogP contribution in [-0.4, -0.2) is 44.8 Å². The summed E-state index contributed by atoms with van der Waals surface area (Å²) in [6.07, 6.45) is 1.96. The molecule has 1 unspecified atom stereocenters. The van der Waals surface area contributed by atoms with Crippen LogP contribution in [0.5, 0.6) is 0 Å². The molecule has 1 aromatic carbocycles. The molecule has 1 amide bonds. The van der Waals surface area contributed by atoms with Gasteiger partial charge in [0.15, 0.2) is 0 Å². The summed E-state index contributed by atoms with van der Waals surface area (Å²) in [6.45, 7) is 0.620. The van der Waals surface area contributed by atoms with Gasteiger partial charge in [0.2, 0.25) is 0 Å². The monoisotopic (exact) mass is 296 g/mol. The highest BCUT2D eigenvalue weighted by atomic mass is 16.3. The van der Waals surface area contributed by atoms with Crippen LogP contribution in [0.2, 0.25) is 0 Å². The van der Waals surface area contributed by atoms with Gasteiger partial charge < -0.3 is 10.0 Å². The zero-order chi connectivity index (χ0) is 15.6. The van der Waals surface area contributed by atoms with Gasteiger partial charge in [-0.25, -0.2) is 0 Å². The number of aliphatic hydroxyl groups is 1. The second kappa shape index (κ2) is 5.62. The predicted octanol–water partition coefficient (Wildman–Crippen LogP) is 1.57. The Bertz CT molecular complexity index is 719. The van der Waals surface area contributed by atoms with Crippen LogP contribution < -0.4 is 0 Å². The predicted molar refractivity (Wildman–Crippen MR) is 79.7 cm³/mol. The summed E-state index contributed by atoms with van der Waals surface area (Å²) < 4.78 is 0. The standard InChI is InChI=1S/C16H16N4O2/c17-8-6-16(22)7-9-20(11-16)15(21)13-10-18-19-14(13)12-4-2-1-3-5-12/h1-5,10,22H,6-7,9,11H2,(H,18,19). The van der Waals surface area contributed by atoms with Crippen molar-refractivity contribution in [1.29, 1.82) is 5.26 Å². The first kappa shape index (κ1) is 14.3. The maximum absolute atomic E-state index is 12.7. The number of β-amino-alcohol motifs (C(OH)–C–C–N with tert-alkyl or cyclic N) is 1. The minimum absolute atomic E-state index is 0.0354. The molecule has 0 aliphatic carbocycles. The number of benzene rings is 1. The number of aromatic amines is 1.